The first kappa shape index (κ1) is 13.3. The number of nitrogens with one attached hydrogen (secondary N) is 1. The summed E-state index contributed by atoms with van der Waals surface area (Å²) in [6.45, 7) is 6.60. The largest absolute Gasteiger partial charge is 0.312 e. The van der Waals surface area contributed by atoms with E-state index >= 15 is 0 Å². The molecule has 100 valence electrons. The van der Waals surface area contributed by atoms with Gasteiger partial charge in [0.1, 0.15) is 0 Å². The van der Waals surface area contributed by atoms with Crippen LogP contribution in [0.4, 0.5) is 0 Å². The molecule has 0 saturated carbocycles. The summed E-state index contributed by atoms with van der Waals surface area (Å²) in [5, 5.41) is 3.44. The average Bonchev–Trinajstić information content (AvgIpc) is 2.71. The topological polar surface area (TPSA) is 49.4 Å². The van der Waals surface area contributed by atoms with Crippen LogP contribution in [0.2, 0.25) is 0 Å². The highest BCUT2D eigenvalue weighted by atomic mass is 32.2. The Morgan fingerprint density at radius 1 is 1.35 bits per heavy atom. The Bertz CT molecular complexity index is 340. The van der Waals surface area contributed by atoms with Gasteiger partial charge in [-0.15, -0.1) is 0 Å². The number of sulfonamides is 1. The van der Waals surface area contributed by atoms with E-state index in [1.54, 1.807) is 4.31 Å². The van der Waals surface area contributed by atoms with Crippen molar-refractivity contribution >= 4 is 10.0 Å². The Balaban J connectivity index is 1.94. The molecule has 2 saturated heterocycles. The normalized spacial score (nSPS) is 30.8. The second kappa shape index (κ2) is 5.24. The molecule has 0 aliphatic carbocycles. The Kier molecular flexibility index (Phi) is 4.10. The molecule has 0 bridgehead atoms. The smallest absolute Gasteiger partial charge is 0.214 e. The van der Waals surface area contributed by atoms with Crippen molar-refractivity contribution in [2.45, 2.75) is 39.2 Å². The third kappa shape index (κ3) is 3.20. The van der Waals surface area contributed by atoms with Gasteiger partial charge in [-0.1, -0.05) is 13.8 Å². The summed E-state index contributed by atoms with van der Waals surface area (Å²) in [6, 6.07) is 0.401. The van der Waals surface area contributed by atoms with E-state index in [0.29, 0.717) is 30.2 Å². The second-order valence-electron chi connectivity index (χ2n) is 5.78. The highest BCUT2D eigenvalue weighted by Crippen LogP contribution is 2.27. The van der Waals surface area contributed by atoms with Gasteiger partial charge in [-0.3, -0.25) is 0 Å². The molecule has 0 spiro atoms. The van der Waals surface area contributed by atoms with Gasteiger partial charge >= 0.3 is 0 Å². The fourth-order valence-electron chi connectivity index (χ4n) is 2.75. The molecule has 2 fully saturated rings. The zero-order valence-corrected chi connectivity index (χ0v) is 11.7. The zero-order valence-electron chi connectivity index (χ0n) is 10.9. The van der Waals surface area contributed by atoms with Crippen LogP contribution in [0.25, 0.3) is 0 Å². The molecule has 0 aromatic heterocycles. The Labute approximate surface area is 105 Å². The number of piperidine rings is 1. The minimum Gasteiger partial charge on any atom is -0.312 e. The summed E-state index contributed by atoms with van der Waals surface area (Å²) >= 11 is 0. The summed E-state index contributed by atoms with van der Waals surface area (Å²) in [4.78, 5) is 0. The first-order chi connectivity index (χ1) is 7.99. The van der Waals surface area contributed by atoms with Crippen molar-refractivity contribution in [3.8, 4) is 0 Å². The molecule has 2 aliphatic rings. The van der Waals surface area contributed by atoms with Gasteiger partial charge in [-0.2, -0.15) is 0 Å². The van der Waals surface area contributed by atoms with Gasteiger partial charge in [-0.25, -0.2) is 12.7 Å². The minimum atomic E-state index is -3.02. The summed E-state index contributed by atoms with van der Waals surface area (Å²) in [7, 11) is -3.02. The van der Waals surface area contributed by atoms with Crippen LogP contribution in [-0.2, 0) is 10.0 Å². The molecule has 17 heavy (non-hydrogen) atoms. The van der Waals surface area contributed by atoms with Crippen LogP contribution in [-0.4, -0.2) is 44.2 Å². The van der Waals surface area contributed by atoms with Crippen molar-refractivity contribution in [1.29, 1.82) is 0 Å². The summed E-state index contributed by atoms with van der Waals surface area (Å²) < 4.78 is 26.1. The molecule has 4 nitrogen and oxygen atoms in total. The van der Waals surface area contributed by atoms with Crippen LogP contribution >= 0.6 is 0 Å². The SMILES string of the molecule is CC(C)CCS(=O)(=O)N1CC2CCCNC2C1. The van der Waals surface area contributed by atoms with E-state index in [-0.39, 0.29) is 0 Å². The first-order valence-corrected chi connectivity index (χ1v) is 8.31. The molecule has 0 aromatic rings. The van der Waals surface area contributed by atoms with Crippen LogP contribution < -0.4 is 5.32 Å². The lowest BCUT2D eigenvalue weighted by molar-refractivity contribution is 0.339. The molecular weight excluding hydrogens is 236 g/mol. The number of nitrogens with zero attached hydrogens (tertiary/aromatic N) is 1. The molecule has 0 amide bonds. The third-order valence-corrected chi connectivity index (χ3v) is 5.75. The standard InChI is InChI=1S/C12H24N2O2S/c1-10(2)5-7-17(15,16)14-8-11-4-3-6-13-12(11)9-14/h10-13H,3-9H2,1-2H3. The highest BCUT2D eigenvalue weighted by molar-refractivity contribution is 7.89. The van der Waals surface area contributed by atoms with Crippen molar-refractivity contribution in [2.24, 2.45) is 11.8 Å². The first-order valence-electron chi connectivity index (χ1n) is 6.70. The maximum absolute atomic E-state index is 12.2. The van der Waals surface area contributed by atoms with E-state index in [9.17, 15) is 8.42 Å². The van der Waals surface area contributed by atoms with Crippen LogP contribution in [0.5, 0.6) is 0 Å². The summed E-state index contributed by atoms with van der Waals surface area (Å²) in [5.74, 6) is 1.30. The fraction of sp³-hybridized carbons (Fsp3) is 1.00. The van der Waals surface area contributed by atoms with Crippen molar-refractivity contribution in [2.75, 3.05) is 25.4 Å². The van der Waals surface area contributed by atoms with Crippen molar-refractivity contribution in [3.63, 3.8) is 0 Å². The lowest BCUT2D eigenvalue weighted by atomic mass is 9.94. The molecule has 2 heterocycles. The van der Waals surface area contributed by atoms with E-state index in [1.165, 1.54) is 12.8 Å². The lowest BCUT2D eigenvalue weighted by Gasteiger charge is -2.24. The van der Waals surface area contributed by atoms with Crippen LogP contribution in [0.3, 0.4) is 0 Å². The summed E-state index contributed by atoms with van der Waals surface area (Å²) in [6.07, 6.45) is 3.12. The molecule has 0 radical (unpaired) electrons. The predicted molar refractivity (Wildman–Crippen MR) is 69.3 cm³/mol. The molecular formula is C12H24N2O2S. The Morgan fingerprint density at radius 2 is 2.12 bits per heavy atom. The monoisotopic (exact) mass is 260 g/mol. The molecule has 1 N–H and O–H groups in total. The Hall–Kier alpha value is -0.130. The van der Waals surface area contributed by atoms with Gasteiger partial charge in [0.05, 0.1) is 5.75 Å². The highest BCUT2D eigenvalue weighted by Gasteiger charge is 2.39. The lowest BCUT2D eigenvalue weighted by Crippen LogP contribution is -2.41. The average molecular weight is 260 g/mol. The van der Waals surface area contributed by atoms with E-state index in [0.717, 1.165) is 19.5 Å². The number of hydrogen-bond acceptors (Lipinski definition) is 3. The van der Waals surface area contributed by atoms with Crippen LogP contribution in [0, 0.1) is 11.8 Å². The number of rotatable bonds is 4. The van der Waals surface area contributed by atoms with Gasteiger partial charge in [0.25, 0.3) is 0 Å². The molecule has 2 aliphatic heterocycles. The Morgan fingerprint density at radius 3 is 2.76 bits per heavy atom. The molecule has 2 atom stereocenters. The van der Waals surface area contributed by atoms with Crippen molar-refractivity contribution < 1.29 is 8.42 Å². The molecule has 5 heteroatoms. The van der Waals surface area contributed by atoms with E-state index < -0.39 is 10.0 Å². The van der Waals surface area contributed by atoms with Gasteiger partial charge < -0.3 is 5.32 Å². The van der Waals surface area contributed by atoms with E-state index in [2.05, 4.69) is 19.2 Å². The van der Waals surface area contributed by atoms with E-state index in [1.807, 2.05) is 0 Å². The fourth-order valence-corrected chi connectivity index (χ4v) is 4.58. The number of fused-ring (bicyclic) bond motifs is 1. The quantitative estimate of drug-likeness (QED) is 0.822. The van der Waals surface area contributed by atoms with Crippen molar-refractivity contribution in [1.82, 2.24) is 9.62 Å². The maximum Gasteiger partial charge on any atom is 0.214 e. The molecule has 2 rings (SSSR count). The number of hydrogen-bond donors (Lipinski definition) is 1. The second-order valence-corrected chi connectivity index (χ2v) is 7.87. The zero-order chi connectivity index (χ0) is 12.5. The van der Waals surface area contributed by atoms with Crippen LogP contribution in [0.1, 0.15) is 33.1 Å². The van der Waals surface area contributed by atoms with E-state index in [4.69, 9.17) is 0 Å². The predicted octanol–water partition coefficient (Wildman–Crippen LogP) is 1.05. The molecule has 2 unspecified atom stereocenters. The van der Waals surface area contributed by atoms with Gasteiger partial charge in [0.15, 0.2) is 0 Å². The van der Waals surface area contributed by atoms with Gasteiger partial charge in [-0.05, 0) is 37.6 Å². The van der Waals surface area contributed by atoms with Gasteiger partial charge in [0.2, 0.25) is 10.0 Å². The summed E-state index contributed by atoms with van der Waals surface area (Å²) in [5.41, 5.74) is 0. The van der Waals surface area contributed by atoms with Crippen LogP contribution in [0.15, 0.2) is 0 Å². The molecule has 0 aromatic carbocycles. The van der Waals surface area contributed by atoms with Gasteiger partial charge in [0, 0.05) is 19.1 Å². The van der Waals surface area contributed by atoms with Crippen molar-refractivity contribution in [3.05, 3.63) is 0 Å². The minimum absolute atomic E-state index is 0.310. The maximum atomic E-state index is 12.2. The third-order valence-electron chi connectivity index (χ3n) is 3.91.